The Morgan fingerprint density at radius 2 is 1.54 bits per heavy atom. The number of anilines is 1. The standard InChI is InChI=1S/C31H31N3O4S/c1-3-34-29-13-9-8-12-27(29)28-20-24(14-19-30(28)34)32-31(35)22-33(21-23-10-6-5-7-11-23)39(36,37)26-17-15-25(16-18-26)38-4-2/h5-20H,3-4,21-22H2,1-2H3,(H,32,35). The second-order valence-electron chi connectivity index (χ2n) is 9.20. The number of hydrogen-bond acceptors (Lipinski definition) is 4. The van der Waals surface area contributed by atoms with Crippen LogP contribution < -0.4 is 10.1 Å². The Morgan fingerprint density at radius 1 is 0.846 bits per heavy atom. The Kier molecular flexibility index (Phi) is 7.67. The molecule has 0 radical (unpaired) electrons. The molecule has 0 unspecified atom stereocenters. The van der Waals surface area contributed by atoms with Gasteiger partial charge in [-0.3, -0.25) is 4.79 Å². The van der Waals surface area contributed by atoms with Gasteiger partial charge in [0.25, 0.3) is 0 Å². The molecule has 0 atom stereocenters. The van der Waals surface area contributed by atoms with Crippen molar-refractivity contribution >= 4 is 43.4 Å². The van der Waals surface area contributed by atoms with E-state index in [2.05, 4.69) is 28.9 Å². The smallest absolute Gasteiger partial charge is 0.243 e. The molecule has 1 amide bonds. The van der Waals surface area contributed by atoms with E-state index in [0.717, 1.165) is 33.9 Å². The summed E-state index contributed by atoms with van der Waals surface area (Å²) in [7, 11) is -3.97. The average Bonchev–Trinajstić information content (AvgIpc) is 3.26. The summed E-state index contributed by atoms with van der Waals surface area (Å²) in [6, 6.07) is 29.5. The maximum atomic E-state index is 13.7. The van der Waals surface area contributed by atoms with Crippen molar-refractivity contribution in [3.63, 3.8) is 0 Å². The highest BCUT2D eigenvalue weighted by Crippen LogP contribution is 2.31. The van der Waals surface area contributed by atoms with Crippen LogP contribution in [0.2, 0.25) is 0 Å². The molecule has 0 saturated carbocycles. The molecular weight excluding hydrogens is 510 g/mol. The molecule has 7 nitrogen and oxygen atoms in total. The number of nitrogens with zero attached hydrogens (tertiary/aromatic N) is 2. The Hall–Kier alpha value is -4.14. The first-order chi connectivity index (χ1) is 18.9. The Balaban J connectivity index is 1.42. The van der Waals surface area contributed by atoms with Crippen LogP contribution in [-0.4, -0.2) is 36.3 Å². The van der Waals surface area contributed by atoms with Gasteiger partial charge >= 0.3 is 0 Å². The number of carbonyl (C=O) groups is 1. The van der Waals surface area contributed by atoms with Crippen molar-refractivity contribution in [2.75, 3.05) is 18.5 Å². The second-order valence-corrected chi connectivity index (χ2v) is 11.1. The zero-order valence-electron chi connectivity index (χ0n) is 22.0. The van der Waals surface area contributed by atoms with Crippen molar-refractivity contribution in [2.45, 2.75) is 31.8 Å². The molecule has 0 bridgehead atoms. The van der Waals surface area contributed by atoms with Crippen molar-refractivity contribution in [1.29, 1.82) is 0 Å². The lowest BCUT2D eigenvalue weighted by Gasteiger charge is -2.22. The van der Waals surface area contributed by atoms with E-state index in [0.29, 0.717) is 18.0 Å². The maximum absolute atomic E-state index is 13.7. The van der Waals surface area contributed by atoms with Gasteiger partial charge < -0.3 is 14.6 Å². The number of nitrogens with one attached hydrogen (secondary N) is 1. The van der Waals surface area contributed by atoms with Crippen molar-refractivity contribution in [3.8, 4) is 5.75 Å². The molecule has 0 saturated heterocycles. The molecule has 5 aromatic rings. The molecule has 200 valence electrons. The minimum Gasteiger partial charge on any atom is -0.494 e. The lowest BCUT2D eigenvalue weighted by Crippen LogP contribution is -2.37. The summed E-state index contributed by atoms with van der Waals surface area (Å²) in [5, 5.41) is 5.06. The predicted octanol–water partition coefficient (Wildman–Crippen LogP) is 6.04. The predicted molar refractivity (Wildman–Crippen MR) is 155 cm³/mol. The van der Waals surface area contributed by atoms with Gasteiger partial charge in [-0.05, 0) is 67.9 Å². The second kappa shape index (κ2) is 11.3. The number of fused-ring (bicyclic) bond motifs is 3. The van der Waals surface area contributed by atoms with Gasteiger partial charge in [-0.1, -0.05) is 48.5 Å². The molecule has 0 aliphatic heterocycles. The molecule has 0 fully saturated rings. The summed E-state index contributed by atoms with van der Waals surface area (Å²) in [6.07, 6.45) is 0. The van der Waals surface area contributed by atoms with Gasteiger partial charge in [-0.25, -0.2) is 8.42 Å². The first-order valence-corrected chi connectivity index (χ1v) is 14.4. The highest BCUT2D eigenvalue weighted by Gasteiger charge is 2.27. The van der Waals surface area contributed by atoms with Crippen LogP contribution in [0.4, 0.5) is 5.69 Å². The number of aryl methyl sites for hydroxylation is 1. The maximum Gasteiger partial charge on any atom is 0.243 e. The molecule has 8 heteroatoms. The van der Waals surface area contributed by atoms with Crippen molar-refractivity contribution in [1.82, 2.24) is 8.87 Å². The van der Waals surface area contributed by atoms with Gasteiger partial charge in [0.1, 0.15) is 5.75 Å². The van der Waals surface area contributed by atoms with Crippen LogP contribution in [0, 0.1) is 0 Å². The van der Waals surface area contributed by atoms with Gasteiger partial charge in [-0.2, -0.15) is 4.31 Å². The van der Waals surface area contributed by atoms with E-state index >= 15 is 0 Å². The number of para-hydroxylation sites is 1. The lowest BCUT2D eigenvalue weighted by atomic mass is 10.1. The van der Waals surface area contributed by atoms with Crippen LogP contribution in [-0.2, 0) is 27.9 Å². The van der Waals surface area contributed by atoms with Crippen LogP contribution in [0.25, 0.3) is 21.8 Å². The number of sulfonamides is 1. The lowest BCUT2D eigenvalue weighted by molar-refractivity contribution is -0.116. The highest BCUT2D eigenvalue weighted by molar-refractivity contribution is 7.89. The normalized spacial score (nSPS) is 11.8. The Bertz CT molecular complexity index is 1710. The van der Waals surface area contributed by atoms with E-state index in [-0.39, 0.29) is 18.0 Å². The average molecular weight is 542 g/mol. The van der Waals surface area contributed by atoms with Gasteiger partial charge in [0.2, 0.25) is 15.9 Å². The van der Waals surface area contributed by atoms with Crippen LogP contribution in [0.1, 0.15) is 19.4 Å². The molecule has 5 rings (SSSR count). The number of rotatable bonds is 10. The molecule has 1 aromatic heterocycles. The van der Waals surface area contributed by atoms with Crippen LogP contribution in [0.15, 0.2) is 102 Å². The van der Waals surface area contributed by atoms with Gasteiger partial charge in [-0.15, -0.1) is 0 Å². The van der Waals surface area contributed by atoms with E-state index in [1.165, 1.54) is 16.4 Å². The number of hydrogen-bond donors (Lipinski definition) is 1. The third-order valence-corrected chi connectivity index (χ3v) is 8.47. The van der Waals surface area contributed by atoms with E-state index < -0.39 is 15.9 Å². The number of benzene rings is 4. The number of carbonyl (C=O) groups excluding carboxylic acids is 1. The molecule has 1 heterocycles. The zero-order chi connectivity index (χ0) is 27.4. The molecule has 0 aliphatic rings. The summed E-state index contributed by atoms with van der Waals surface area (Å²) >= 11 is 0. The fourth-order valence-electron chi connectivity index (χ4n) is 4.87. The summed E-state index contributed by atoms with van der Waals surface area (Å²) in [5.74, 6) is 0.169. The third kappa shape index (κ3) is 5.53. The van der Waals surface area contributed by atoms with Crippen LogP contribution in [0.3, 0.4) is 0 Å². The summed E-state index contributed by atoms with van der Waals surface area (Å²) in [4.78, 5) is 13.3. The summed E-state index contributed by atoms with van der Waals surface area (Å²) in [6.45, 7) is 5.01. The Morgan fingerprint density at radius 3 is 2.26 bits per heavy atom. The first-order valence-electron chi connectivity index (χ1n) is 13.0. The Labute approximate surface area is 228 Å². The van der Waals surface area contributed by atoms with Gasteiger partial charge in [0.05, 0.1) is 18.0 Å². The molecular formula is C31H31N3O4S. The minimum absolute atomic E-state index is 0.0623. The molecule has 39 heavy (non-hydrogen) atoms. The van der Waals surface area contributed by atoms with Crippen LogP contribution in [0.5, 0.6) is 5.75 Å². The first kappa shape index (κ1) is 26.5. The molecule has 4 aromatic carbocycles. The molecule has 1 N–H and O–H groups in total. The highest BCUT2D eigenvalue weighted by atomic mass is 32.2. The van der Waals surface area contributed by atoms with E-state index in [9.17, 15) is 13.2 Å². The zero-order valence-corrected chi connectivity index (χ0v) is 22.8. The topological polar surface area (TPSA) is 80.6 Å². The van der Waals surface area contributed by atoms with Gasteiger partial charge in [0, 0.05) is 40.6 Å². The van der Waals surface area contributed by atoms with E-state index in [1.807, 2.05) is 67.6 Å². The molecule has 0 spiro atoms. The quantitative estimate of drug-likeness (QED) is 0.234. The van der Waals surface area contributed by atoms with Crippen LogP contribution >= 0.6 is 0 Å². The number of amides is 1. The third-order valence-electron chi connectivity index (χ3n) is 6.67. The largest absolute Gasteiger partial charge is 0.494 e. The fourth-order valence-corrected chi connectivity index (χ4v) is 6.25. The van der Waals surface area contributed by atoms with E-state index in [1.54, 1.807) is 12.1 Å². The van der Waals surface area contributed by atoms with Crippen molar-refractivity contribution < 1.29 is 17.9 Å². The number of ether oxygens (including phenoxy) is 1. The van der Waals surface area contributed by atoms with Gasteiger partial charge in [0.15, 0.2) is 0 Å². The van der Waals surface area contributed by atoms with Crippen molar-refractivity contribution in [2.24, 2.45) is 0 Å². The minimum atomic E-state index is -3.97. The summed E-state index contributed by atoms with van der Waals surface area (Å²) in [5.41, 5.74) is 3.62. The van der Waals surface area contributed by atoms with E-state index in [4.69, 9.17) is 4.74 Å². The summed E-state index contributed by atoms with van der Waals surface area (Å²) < 4.78 is 36.2. The monoisotopic (exact) mass is 541 g/mol. The molecule has 0 aliphatic carbocycles. The number of aromatic nitrogens is 1. The van der Waals surface area contributed by atoms with Crippen molar-refractivity contribution in [3.05, 3.63) is 103 Å². The SMILES string of the molecule is CCOc1ccc(S(=O)(=O)N(CC(=O)Nc2ccc3c(c2)c2ccccc2n3CC)Cc2ccccc2)cc1. The fraction of sp³-hybridized carbons (Fsp3) is 0.194.